The van der Waals surface area contributed by atoms with Gasteiger partial charge in [-0.25, -0.2) is 0 Å². The molecule has 100 valence electrons. The van der Waals surface area contributed by atoms with Crippen molar-refractivity contribution >= 4 is 5.97 Å². The fraction of sp³-hybridized carbons (Fsp3) is 0.267. The van der Waals surface area contributed by atoms with Crippen molar-refractivity contribution in [1.82, 2.24) is 0 Å². The molecule has 0 saturated heterocycles. The van der Waals surface area contributed by atoms with Crippen LogP contribution in [0.4, 0.5) is 0 Å². The van der Waals surface area contributed by atoms with E-state index in [1.807, 2.05) is 24.3 Å². The number of hydrogen-bond acceptors (Lipinski definition) is 4. The van der Waals surface area contributed by atoms with Crippen molar-refractivity contribution in [3.8, 4) is 5.75 Å². The van der Waals surface area contributed by atoms with Crippen LogP contribution in [0.3, 0.4) is 0 Å². The topological polar surface area (TPSA) is 62.5 Å². The van der Waals surface area contributed by atoms with Gasteiger partial charge in [-0.15, -0.1) is 0 Å². The average molecular weight is 259 g/mol. The standard InChI is InChI=1S/C15H16O4/c1-10(2)12-5-3-4-6-13(12)18-9-11-7-8-14(19-11)15(16)17/h3-8,10H,9H2,1-2H3,(H,16,17)/p-1. The van der Waals surface area contributed by atoms with Gasteiger partial charge in [0.15, 0.2) is 0 Å². The van der Waals surface area contributed by atoms with Crippen molar-refractivity contribution in [2.75, 3.05) is 0 Å². The molecule has 0 N–H and O–H groups in total. The van der Waals surface area contributed by atoms with Crippen molar-refractivity contribution in [1.29, 1.82) is 0 Å². The third-order valence-electron chi connectivity index (χ3n) is 2.77. The quantitative estimate of drug-likeness (QED) is 0.826. The molecule has 0 amide bonds. The van der Waals surface area contributed by atoms with E-state index in [1.54, 1.807) is 6.07 Å². The Kier molecular flexibility index (Phi) is 3.90. The largest absolute Gasteiger partial charge is 0.542 e. The molecule has 0 aliphatic carbocycles. The first-order chi connectivity index (χ1) is 9.08. The smallest absolute Gasteiger partial charge is 0.149 e. The van der Waals surface area contributed by atoms with Gasteiger partial charge in [0.25, 0.3) is 0 Å². The Morgan fingerprint density at radius 2 is 2.00 bits per heavy atom. The summed E-state index contributed by atoms with van der Waals surface area (Å²) >= 11 is 0. The van der Waals surface area contributed by atoms with Gasteiger partial charge in [-0.3, -0.25) is 0 Å². The minimum Gasteiger partial charge on any atom is -0.542 e. The van der Waals surface area contributed by atoms with Gasteiger partial charge in [0.1, 0.15) is 29.8 Å². The summed E-state index contributed by atoms with van der Waals surface area (Å²) in [5, 5.41) is 10.6. The van der Waals surface area contributed by atoms with Crippen LogP contribution in [0.25, 0.3) is 0 Å². The molecule has 1 aromatic heterocycles. The summed E-state index contributed by atoms with van der Waals surface area (Å²) in [7, 11) is 0. The summed E-state index contributed by atoms with van der Waals surface area (Å²) in [6.07, 6.45) is 0. The molecule has 1 heterocycles. The minimum atomic E-state index is -1.33. The molecular formula is C15H15O4-. The molecule has 2 aromatic rings. The summed E-state index contributed by atoms with van der Waals surface area (Å²) in [5.74, 6) is 0.0813. The van der Waals surface area contributed by atoms with E-state index in [-0.39, 0.29) is 12.4 Å². The highest BCUT2D eigenvalue weighted by atomic mass is 16.5. The van der Waals surface area contributed by atoms with Crippen molar-refractivity contribution in [3.63, 3.8) is 0 Å². The Hall–Kier alpha value is -2.23. The second-order valence-electron chi connectivity index (χ2n) is 4.53. The lowest BCUT2D eigenvalue weighted by Crippen LogP contribution is -2.21. The molecule has 0 saturated carbocycles. The van der Waals surface area contributed by atoms with Crippen LogP contribution in [0, 0.1) is 0 Å². The van der Waals surface area contributed by atoms with E-state index >= 15 is 0 Å². The first-order valence-corrected chi connectivity index (χ1v) is 6.09. The lowest BCUT2D eigenvalue weighted by Gasteiger charge is -2.12. The molecule has 0 unspecified atom stereocenters. The molecule has 0 aliphatic heterocycles. The van der Waals surface area contributed by atoms with Gasteiger partial charge >= 0.3 is 0 Å². The van der Waals surface area contributed by atoms with Crippen LogP contribution in [0.15, 0.2) is 40.8 Å². The number of benzene rings is 1. The first kappa shape index (κ1) is 13.2. The number of carboxylic acid groups (broad SMARTS) is 1. The second-order valence-corrected chi connectivity index (χ2v) is 4.53. The monoisotopic (exact) mass is 259 g/mol. The van der Waals surface area contributed by atoms with E-state index in [9.17, 15) is 9.90 Å². The maximum atomic E-state index is 10.6. The summed E-state index contributed by atoms with van der Waals surface area (Å²) in [6, 6.07) is 10.7. The summed E-state index contributed by atoms with van der Waals surface area (Å²) in [5.41, 5.74) is 1.11. The molecule has 1 aromatic carbocycles. The number of ether oxygens (including phenoxy) is 1. The molecule has 0 spiro atoms. The van der Waals surface area contributed by atoms with Gasteiger partial charge in [-0.05, 0) is 29.7 Å². The second kappa shape index (κ2) is 5.61. The van der Waals surface area contributed by atoms with Crippen molar-refractivity contribution in [2.45, 2.75) is 26.4 Å². The summed E-state index contributed by atoms with van der Waals surface area (Å²) < 4.78 is 10.8. The van der Waals surface area contributed by atoms with E-state index in [2.05, 4.69) is 13.8 Å². The molecule has 0 bridgehead atoms. The Bertz CT molecular complexity index is 569. The van der Waals surface area contributed by atoms with Gasteiger partial charge in [-0.1, -0.05) is 32.0 Å². The minimum absolute atomic E-state index is 0.184. The summed E-state index contributed by atoms with van der Waals surface area (Å²) in [4.78, 5) is 10.6. The van der Waals surface area contributed by atoms with Crippen molar-refractivity contribution < 1.29 is 19.1 Å². The van der Waals surface area contributed by atoms with E-state index in [0.29, 0.717) is 11.7 Å². The molecule has 19 heavy (non-hydrogen) atoms. The summed E-state index contributed by atoms with van der Waals surface area (Å²) in [6.45, 7) is 4.36. The van der Waals surface area contributed by atoms with Crippen molar-refractivity contribution in [2.24, 2.45) is 0 Å². The molecule has 4 nitrogen and oxygen atoms in total. The molecule has 2 rings (SSSR count). The molecule has 0 fully saturated rings. The number of rotatable bonds is 5. The van der Waals surface area contributed by atoms with E-state index < -0.39 is 5.97 Å². The fourth-order valence-electron chi connectivity index (χ4n) is 1.80. The highest BCUT2D eigenvalue weighted by Gasteiger charge is 2.08. The number of carboxylic acids is 1. The van der Waals surface area contributed by atoms with Gasteiger partial charge in [0.2, 0.25) is 0 Å². The highest BCUT2D eigenvalue weighted by Crippen LogP contribution is 2.26. The Labute approximate surface area is 111 Å². The van der Waals surface area contributed by atoms with Gasteiger partial charge in [0.05, 0.1) is 0 Å². The Morgan fingerprint density at radius 3 is 2.63 bits per heavy atom. The van der Waals surface area contributed by atoms with Gasteiger partial charge < -0.3 is 19.1 Å². The molecule has 4 heteroatoms. The predicted octanol–water partition coefficient (Wildman–Crippen LogP) is 2.35. The third kappa shape index (κ3) is 3.16. The fourth-order valence-corrected chi connectivity index (χ4v) is 1.80. The SMILES string of the molecule is CC(C)c1ccccc1OCc1ccc(C(=O)[O-])o1. The predicted molar refractivity (Wildman–Crippen MR) is 67.9 cm³/mol. The van der Waals surface area contributed by atoms with Gasteiger partial charge in [0, 0.05) is 0 Å². The highest BCUT2D eigenvalue weighted by molar-refractivity contribution is 5.82. The van der Waals surface area contributed by atoms with Crippen LogP contribution in [0.1, 0.15) is 41.6 Å². The Morgan fingerprint density at radius 1 is 1.26 bits per heavy atom. The lowest BCUT2D eigenvalue weighted by atomic mass is 10.0. The molecule has 0 aliphatic rings. The maximum absolute atomic E-state index is 10.6. The number of hydrogen-bond donors (Lipinski definition) is 0. The first-order valence-electron chi connectivity index (χ1n) is 6.09. The number of furan rings is 1. The number of para-hydroxylation sites is 1. The molecular weight excluding hydrogens is 244 g/mol. The van der Waals surface area contributed by atoms with Crippen LogP contribution < -0.4 is 9.84 Å². The van der Waals surface area contributed by atoms with E-state index in [4.69, 9.17) is 9.15 Å². The zero-order valence-corrected chi connectivity index (χ0v) is 10.9. The zero-order valence-electron chi connectivity index (χ0n) is 10.9. The third-order valence-corrected chi connectivity index (χ3v) is 2.77. The molecule has 0 radical (unpaired) electrons. The van der Waals surface area contributed by atoms with Crippen LogP contribution in [0.2, 0.25) is 0 Å². The molecule has 0 atom stereocenters. The number of carbonyl (C=O) groups is 1. The zero-order chi connectivity index (χ0) is 13.8. The van der Waals surface area contributed by atoms with Crippen molar-refractivity contribution in [3.05, 3.63) is 53.5 Å². The average Bonchev–Trinajstić information content (AvgIpc) is 2.85. The van der Waals surface area contributed by atoms with Crippen LogP contribution in [-0.4, -0.2) is 5.97 Å². The van der Waals surface area contributed by atoms with E-state index in [1.165, 1.54) is 6.07 Å². The van der Waals surface area contributed by atoms with Crippen LogP contribution in [-0.2, 0) is 6.61 Å². The normalized spacial score (nSPS) is 10.7. The number of aromatic carboxylic acids is 1. The van der Waals surface area contributed by atoms with Crippen LogP contribution in [0.5, 0.6) is 5.75 Å². The lowest BCUT2D eigenvalue weighted by molar-refractivity contribution is -0.257. The Balaban J connectivity index is 2.08. The van der Waals surface area contributed by atoms with Gasteiger partial charge in [-0.2, -0.15) is 0 Å². The van der Waals surface area contributed by atoms with E-state index in [0.717, 1.165) is 11.3 Å². The van der Waals surface area contributed by atoms with Crippen LogP contribution >= 0.6 is 0 Å². The number of carbonyl (C=O) groups excluding carboxylic acids is 1. The maximum Gasteiger partial charge on any atom is 0.149 e.